The molecule has 7 heteroatoms. The van der Waals surface area contributed by atoms with E-state index in [1.165, 1.54) is 6.33 Å². The molecule has 0 bridgehead atoms. The maximum Gasteiger partial charge on any atom is 0.255 e. The second-order valence-corrected chi connectivity index (χ2v) is 6.80. The van der Waals surface area contributed by atoms with Crippen LogP contribution in [-0.4, -0.2) is 40.7 Å². The van der Waals surface area contributed by atoms with Gasteiger partial charge in [-0.15, -0.1) is 0 Å². The lowest BCUT2D eigenvalue weighted by molar-refractivity contribution is 0.0746. The van der Waals surface area contributed by atoms with Gasteiger partial charge >= 0.3 is 0 Å². The first-order valence-corrected chi connectivity index (χ1v) is 8.32. The number of fused-ring (bicyclic) bond motifs is 1. The summed E-state index contributed by atoms with van der Waals surface area (Å²) in [6, 6.07) is 0. The van der Waals surface area contributed by atoms with Crippen LogP contribution in [-0.2, 0) is 4.74 Å². The molecule has 0 saturated heterocycles. The van der Waals surface area contributed by atoms with Gasteiger partial charge in [-0.2, -0.15) is 0 Å². The molecule has 0 aliphatic heterocycles. The zero-order chi connectivity index (χ0) is 17.3. The Kier molecular flexibility index (Phi) is 4.45. The molecule has 3 rings (SSSR count). The van der Waals surface area contributed by atoms with E-state index in [1.807, 2.05) is 13.8 Å². The van der Waals surface area contributed by atoms with Crippen LogP contribution >= 0.6 is 0 Å². The summed E-state index contributed by atoms with van der Waals surface area (Å²) in [6.07, 6.45) is 3.77. The van der Waals surface area contributed by atoms with Crippen LogP contribution in [0.25, 0.3) is 11.1 Å². The van der Waals surface area contributed by atoms with Gasteiger partial charge in [-0.3, -0.25) is 4.79 Å². The number of nitrogens with one attached hydrogen (secondary N) is 2. The van der Waals surface area contributed by atoms with Crippen LogP contribution in [0.1, 0.15) is 49.7 Å². The van der Waals surface area contributed by atoms with Gasteiger partial charge in [0.2, 0.25) is 5.71 Å². The summed E-state index contributed by atoms with van der Waals surface area (Å²) in [5.41, 5.74) is 0.963. The molecule has 1 aliphatic carbocycles. The Bertz CT molecular complexity index is 750. The fraction of sp³-hybridized carbons (Fsp3) is 0.588. The average molecular weight is 332 g/mol. The number of hydrogen-bond acceptors (Lipinski definition) is 6. The minimum atomic E-state index is -0.197. The topological polar surface area (TPSA) is 89.3 Å². The highest BCUT2D eigenvalue weighted by molar-refractivity contribution is 6.10. The molecule has 2 aromatic heterocycles. The van der Waals surface area contributed by atoms with Crippen LogP contribution in [0.2, 0.25) is 0 Å². The SMILES string of the molecule is Cc1oc2ncnc(NC3(C)CC3)c2c1C(=O)NCCOC(C)C. The number of carbonyl (C=O) groups is 1. The van der Waals surface area contributed by atoms with Gasteiger partial charge < -0.3 is 19.8 Å². The molecule has 0 atom stereocenters. The van der Waals surface area contributed by atoms with Crippen molar-refractivity contribution in [3.05, 3.63) is 17.7 Å². The lowest BCUT2D eigenvalue weighted by Gasteiger charge is -2.13. The minimum Gasteiger partial charge on any atom is -0.442 e. The van der Waals surface area contributed by atoms with Crippen molar-refractivity contribution in [1.82, 2.24) is 15.3 Å². The number of rotatable bonds is 7. The fourth-order valence-electron chi connectivity index (χ4n) is 2.56. The van der Waals surface area contributed by atoms with Crippen molar-refractivity contribution in [3.63, 3.8) is 0 Å². The lowest BCUT2D eigenvalue weighted by Crippen LogP contribution is -2.28. The van der Waals surface area contributed by atoms with Crippen molar-refractivity contribution < 1.29 is 13.9 Å². The van der Waals surface area contributed by atoms with E-state index >= 15 is 0 Å². The van der Waals surface area contributed by atoms with Gasteiger partial charge in [-0.1, -0.05) is 0 Å². The van der Waals surface area contributed by atoms with Crippen molar-refractivity contribution in [3.8, 4) is 0 Å². The van der Waals surface area contributed by atoms with Gasteiger partial charge in [0.15, 0.2) is 0 Å². The van der Waals surface area contributed by atoms with E-state index in [-0.39, 0.29) is 17.6 Å². The Morgan fingerprint density at radius 3 is 2.83 bits per heavy atom. The molecule has 24 heavy (non-hydrogen) atoms. The molecule has 2 N–H and O–H groups in total. The molecule has 1 saturated carbocycles. The van der Waals surface area contributed by atoms with E-state index in [1.54, 1.807) is 6.92 Å². The summed E-state index contributed by atoms with van der Waals surface area (Å²) < 4.78 is 11.1. The molecule has 0 spiro atoms. The number of hydrogen-bond donors (Lipinski definition) is 2. The maximum atomic E-state index is 12.6. The van der Waals surface area contributed by atoms with E-state index in [4.69, 9.17) is 9.15 Å². The molecule has 0 unspecified atom stereocenters. The van der Waals surface area contributed by atoms with Crippen molar-refractivity contribution in [2.24, 2.45) is 0 Å². The first-order chi connectivity index (χ1) is 11.4. The summed E-state index contributed by atoms with van der Waals surface area (Å²) in [7, 11) is 0. The fourth-order valence-corrected chi connectivity index (χ4v) is 2.56. The molecular weight excluding hydrogens is 308 g/mol. The second-order valence-electron chi connectivity index (χ2n) is 6.80. The third kappa shape index (κ3) is 3.51. The van der Waals surface area contributed by atoms with Crippen molar-refractivity contribution in [2.75, 3.05) is 18.5 Å². The molecule has 7 nitrogen and oxygen atoms in total. The van der Waals surface area contributed by atoms with Gasteiger partial charge in [-0.05, 0) is 40.5 Å². The highest BCUT2D eigenvalue weighted by Gasteiger charge is 2.38. The number of ether oxygens (including phenoxy) is 1. The van der Waals surface area contributed by atoms with Crippen LogP contribution in [0.4, 0.5) is 5.82 Å². The molecule has 2 aromatic rings. The van der Waals surface area contributed by atoms with Crippen molar-refractivity contribution >= 4 is 22.8 Å². The quantitative estimate of drug-likeness (QED) is 0.758. The first kappa shape index (κ1) is 16.7. The van der Waals surface area contributed by atoms with Crippen molar-refractivity contribution in [2.45, 2.75) is 52.2 Å². The maximum absolute atomic E-state index is 12.6. The summed E-state index contributed by atoms with van der Waals surface area (Å²) in [5.74, 6) is 0.995. The number of carbonyl (C=O) groups excluding carboxylic acids is 1. The van der Waals surface area contributed by atoms with Gasteiger partial charge in [-0.25, -0.2) is 9.97 Å². The van der Waals surface area contributed by atoms with Gasteiger partial charge in [0.1, 0.15) is 17.9 Å². The van der Waals surface area contributed by atoms with E-state index in [0.717, 1.165) is 12.8 Å². The molecule has 130 valence electrons. The van der Waals surface area contributed by atoms with E-state index in [0.29, 0.717) is 41.4 Å². The van der Waals surface area contributed by atoms with Gasteiger partial charge in [0.05, 0.1) is 23.7 Å². The summed E-state index contributed by atoms with van der Waals surface area (Å²) in [5, 5.41) is 6.93. The molecule has 0 radical (unpaired) electrons. The average Bonchev–Trinajstić information content (AvgIpc) is 3.12. The van der Waals surface area contributed by atoms with Crippen LogP contribution in [0.3, 0.4) is 0 Å². The summed E-state index contributed by atoms with van der Waals surface area (Å²) in [6.45, 7) is 8.74. The first-order valence-electron chi connectivity index (χ1n) is 8.32. The number of furan rings is 1. The third-order valence-electron chi connectivity index (χ3n) is 4.15. The highest BCUT2D eigenvalue weighted by atomic mass is 16.5. The van der Waals surface area contributed by atoms with E-state index in [2.05, 4.69) is 27.5 Å². The minimum absolute atomic E-state index is 0.0469. The molecular formula is C17H24N4O3. The zero-order valence-electron chi connectivity index (χ0n) is 14.6. The largest absolute Gasteiger partial charge is 0.442 e. The standard InChI is InChI=1S/C17H24N4O3/c1-10(2)23-8-7-18-15(22)12-11(3)24-16-13(12)14(19-9-20-16)21-17(4)5-6-17/h9-10H,5-8H2,1-4H3,(H,18,22)(H,19,20,21). The monoisotopic (exact) mass is 332 g/mol. The third-order valence-corrected chi connectivity index (χ3v) is 4.15. The zero-order valence-corrected chi connectivity index (χ0v) is 14.6. The Hall–Kier alpha value is -2.15. The smallest absolute Gasteiger partial charge is 0.255 e. The number of aryl methyl sites for hydroxylation is 1. The normalized spacial score (nSPS) is 15.7. The molecule has 1 aliphatic rings. The predicted octanol–water partition coefficient (Wildman–Crippen LogP) is 2.65. The van der Waals surface area contributed by atoms with Crippen LogP contribution in [0.15, 0.2) is 10.7 Å². The van der Waals surface area contributed by atoms with E-state index < -0.39 is 0 Å². The Balaban J connectivity index is 1.83. The number of anilines is 1. The molecule has 1 amide bonds. The van der Waals surface area contributed by atoms with Gasteiger partial charge in [0.25, 0.3) is 5.91 Å². The Morgan fingerprint density at radius 1 is 1.42 bits per heavy atom. The van der Waals surface area contributed by atoms with Gasteiger partial charge in [0, 0.05) is 12.1 Å². The number of nitrogens with zero attached hydrogens (tertiary/aromatic N) is 2. The molecule has 1 fully saturated rings. The predicted molar refractivity (Wildman–Crippen MR) is 91.2 cm³/mol. The van der Waals surface area contributed by atoms with Crippen molar-refractivity contribution in [1.29, 1.82) is 0 Å². The number of amides is 1. The van der Waals surface area contributed by atoms with E-state index in [9.17, 15) is 4.79 Å². The van der Waals surface area contributed by atoms with Crippen LogP contribution in [0, 0.1) is 6.92 Å². The summed E-state index contributed by atoms with van der Waals surface area (Å²) in [4.78, 5) is 21.1. The van der Waals surface area contributed by atoms with Crippen LogP contribution < -0.4 is 10.6 Å². The Labute approximate surface area is 141 Å². The molecule has 2 heterocycles. The highest BCUT2D eigenvalue weighted by Crippen LogP contribution is 2.40. The second kappa shape index (κ2) is 6.39. The molecule has 0 aromatic carbocycles. The Morgan fingerprint density at radius 2 is 2.17 bits per heavy atom. The number of aromatic nitrogens is 2. The lowest BCUT2D eigenvalue weighted by atomic mass is 10.1. The van der Waals surface area contributed by atoms with Crippen LogP contribution in [0.5, 0.6) is 0 Å². The summed E-state index contributed by atoms with van der Waals surface area (Å²) >= 11 is 0.